The van der Waals surface area contributed by atoms with Crippen LogP contribution in [0.1, 0.15) is 25.5 Å². The molecule has 1 saturated heterocycles. The van der Waals surface area contributed by atoms with Crippen molar-refractivity contribution in [3.8, 4) is 0 Å². The first-order valence-electron chi connectivity index (χ1n) is 8.23. The van der Waals surface area contributed by atoms with Crippen LogP contribution in [0.2, 0.25) is 0 Å². The third kappa shape index (κ3) is 4.36. The number of benzene rings is 2. The Morgan fingerprint density at radius 1 is 1.15 bits per heavy atom. The summed E-state index contributed by atoms with van der Waals surface area (Å²) in [5, 5.41) is 5.11. The highest BCUT2D eigenvalue weighted by atomic mass is 19.1. The summed E-state index contributed by atoms with van der Waals surface area (Å²) in [5.74, 6) is -2.36. The van der Waals surface area contributed by atoms with E-state index in [1.165, 1.54) is 0 Å². The Balaban J connectivity index is 1.73. The molecule has 2 amide bonds. The van der Waals surface area contributed by atoms with Crippen LogP contribution < -0.4 is 10.6 Å². The van der Waals surface area contributed by atoms with Gasteiger partial charge in [0.1, 0.15) is 17.7 Å². The minimum absolute atomic E-state index is 0.113. The van der Waals surface area contributed by atoms with Crippen LogP contribution in [0.15, 0.2) is 48.5 Å². The van der Waals surface area contributed by atoms with Crippen LogP contribution in [0.5, 0.6) is 0 Å². The molecule has 2 N–H and O–H groups in total. The quantitative estimate of drug-likeness (QED) is 0.868. The Labute approximate surface area is 150 Å². The van der Waals surface area contributed by atoms with Gasteiger partial charge in [-0.25, -0.2) is 13.6 Å². The summed E-state index contributed by atoms with van der Waals surface area (Å²) >= 11 is 0. The normalized spacial score (nSPS) is 21.8. The van der Waals surface area contributed by atoms with Crippen LogP contribution in [-0.2, 0) is 9.47 Å². The van der Waals surface area contributed by atoms with Crippen molar-refractivity contribution < 1.29 is 23.0 Å². The minimum atomic E-state index is -0.850. The lowest BCUT2D eigenvalue weighted by Gasteiger charge is -2.41. The first-order valence-corrected chi connectivity index (χ1v) is 8.23. The Morgan fingerprint density at radius 3 is 2.58 bits per heavy atom. The lowest BCUT2D eigenvalue weighted by Crippen LogP contribution is -2.52. The molecular weight excluding hydrogens is 342 g/mol. The molecule has 3 rings (SSSR count). The number of urea groups is 1. The maximum Gasteiger partial charge on any atom is 0.319 e. The molecule has 0 aliphatic carbocycles. The van der Waals surface area contributed by atoms with Gasteiger partial charge in [0.2, 0.25) is 0 Å². The van der Waals surface area contributed by atoms with E-state index >= 15 is 0 Å². The second-order valence-electron chi connectivity index (χ2n) is 6.49. The van der Waals surface area contributed by atoms with Gasteiger partial charge >= 0.3 is 6.03 Å². The fraction of sp³-hybridized carbons (Fsp3) is 0.316. The van der Waals surface area contributed by atoms with Crippen LogP contribution in [-0.4, -0.2) is 24.5 Å². The van der Waals surface area contributed by atoms with Crippen molar-refractivity contribution in [1.29, 1.82) is 0 Å². The minimum Gasteiger partial charge on any atom is -0.348 e. The Morgan fingerprint density at radius 2 is 1.88 bits per heavy atom. The van der Waals surface area contributed by atoms with Gasteiger partial charge in [-0.2, -0.15) is 0 Å². The predicted octanol–water partition coefficient (Wildman–Crippen LogP) is 3.98. The highest BCUT2D eigenvalue weighted by Gasteiger charge is 2.38. The summed E-state index contributed by atoms with van der Waals surface area (Å²) in [6, 6.07) is 11.3. The molecule has 0 radical (unpaired) electrons. The largest absolute Gasteiger partial charge is 0.348 e. The SMILES string of the molecule is CC1(C)OC[C@H](NC(=O)Nc2ccc(F)cc2F)[C@H](c2ccccc2)O1. The van der Waals surface area contributed by atoms with Crippen LogP contribution in [0, 0.1) is 11.6 Å². The number of ether oxygens (including phenoxy) is 2. The number of hydrogen-bond acceptors (Lipinski definition) is 3. The molecule has 138 valence electrons. The van der Waals surface area contributed by atoms with Crippen LogP contribution in [0.3, 0.4) is 0 Å². The monoisotopic (exact) mass is 362 g/mol. The van der Waals surface area contributed by atoms with Crippen molar-refractivity contribution in [2.45, 2.75) is 31.8 Å². The van der Waals surface area contributed by atoms with Crippen LogP contribution >= 0.6 is 0 Å². The fourth-order valence-corrected chi connectivity index (χ4v) is 2.78. The van der Waals surface area contributed by atoms with Crippen molar-refractivity contribution in [3.05, 3.63) is 65.7 Å². The maximum atomic E-state index is 13.7. The molecule has 5 nitrogen and oxygen atoms in total. The lowest BCUT2D eigenvalue weighted by atomic mass is 10.0. The van der Waals surface area contributed by atoms with Gasteiger partial charge in [-0.1, -0.05) is 30.3 Å². The zero-order valence-corrected chi connectivity index (χ0v) is 14.5. The van der Waals surface area contributed by atoms with Gasteiger partial charge in [-0.3, -0.25) is 0 Å². The molecule has 0 aromatic heterocycles. The summed E-state index contributed by atoms with van der Waals surface area (Å²) in [6.45, 7) is 3.83. The molecule has 0 spiro atoms. The van der Waals surface area contributed by atoms with E-state index in [9.17, 15) is 13.6 Å². The fourth-order valence-electron chi connectivity index (χ4n) is 2.78. The second kappa shape index (κ2) is 7.39. The first kappa shape index (κ1) is 18.3. The highest BCUT2D eigenvalue weighted by Crippen LogP contribution is 2.33. The summed E-state index contributed by atoms with van der Waals surface area (Å²) in [5.41, 5.74) is 0.778. The molecule has 1 fully saturated rings. The molecule has 0 bridgehead atoms. The van der Waals surface area contributed by atoms with E-state index in [0.29, 0.717) is 6.07 Å². The van der Waals surface area contributed by atoms with Crippen LogP contribution in [0.4, 0.5) is 19.3 Å². The molecule has 2 aromatic rings. The van der Waals surface area contributed by atoms with E-state index < -0.39 is 35.6 Å². The number of amides is 2. The third-order valence-electron chi connectivity index (χ3n) is 4.01. The average molecular weight is 362 g/mol. The average Bonchev–Trinajstić information content (AvgIpc) is 2.59. The summed E-state index contributed by atoms with van der Waals surface area (Å²) < 4.78 is 38.3. The zero-order chi connectivity index (χ0) is 18.7. The zero-order valence-electron chi connectivity index (χ0n) is 14.5. The number of halogens is 2. The van der Waals surface area contributed by atoms with E-state index in [1.807, 2.05) is 30.3 Å². The molecule has 2 aromatic carbocycles. The van der Waals surface area contributed by atoms with Crippen LogP contribution in [0.25, 0.3) is 0 Å². The molecule has 0 unspecified atom stereocenters. The number of carbonyl (C=O) groups is 1. The summed E-state index contributed by atoms with van der Waals surface area (Å²) in [4.78, 5) is 12.3. The van der Waals surface area contributed by atoms with Crippen molar-refractivity contribution in [3.63, 3.8) is 0 Å². The van der Waals surface area contributed by atoms with Crippen molar-refractivity contribution in [2.24, 2.45) is 0 Å². The van der Waals surface area contributed by atoms with E-state index in [-0.39, 0.29) is 12.3 Å². The second-order valence-corrected chi connectivity index (χ2v) is 6.49. The Hall–Kier alpha value is -2.51. The maximum absolute atomic E-state index is 13.7. The van der Waals surface area contributed by atoms with Gasteiger partial charge in [-0.05, 0) is 31.5 Å². The van der Waals surface area contributed by atoms with Gasteiger partial charge < -0.3 is 20.1 Å². The number of rotatable bonds is 3. The van der Waals surface area contributed by atoms with E-state index in [1.54, 1.807) is 13.8 Å². The molecular formula is C19H20F2N2O3. The van der Waals surface area contributed by atoms with Crippen molar-refractivity contribution in [1.82, 2.24) is 5.32 Å². The Bertz CT molecular complexity index is 784. The van der Waals surface area contributed by atoms with Gasteiger partial charge in [0, 0.05) is 6.07 Å². The van der Waals surface area contributed by atoms with E-state index in [0.717, 1.165) is 17.7 Å². The van der Waals surface area contributed by atoms with E-state index in [4.69, 9.17) is 9.47 Å². The molecule has 2 atom stereocenters. The number of hydrogen-bond donors (Lipinski definition) is 2. The summed E-state index contributed by atoms with van der Waals surface area (Å²) in [7, 11) is 0. The molecule has 0 saturated carbocycles. The number of nitrogens with one attached hydrogen (secondary N) is 2. The predicted molar refractivity (Wildman–Crippen MR) is 92.6 cm³/mol. The molecule has 1 aliphatic rings. The smallest absolute Gasteiger partial charge is 0.319 e. The topological polar surface area (TPSA) is 59.6 Å². The number of anilines is 1. The number of carbonyl (C=O) groups excluding carboxylic acids is 1. The Kier molecular flexibility index (Phi) is 5.20. The van der Waals surface area contributed by atoms with Gasteiger partial charge in [-0.15, -0.1) is 0 Å². The van der Waals surface area contributed by atoms with Gasteiger partial charge in [0.15, 0.2) is 5.79 Å². The lowest BCUT2D eigenvalue weighted by molar-refractivity contribution is -0.284. The van der Waals surface area contributed by atoms with Crippen molar-refractivity contribution in [2.75, 3.05) is 11.9 Å². The molecule has 1 aliphatic heterocycles. The van der Waals surface area contributed by atoms with E-state index in [2.05, 4.69) is 10.6 Å². The first-order chi connectivity index (χ1) is 12.3. The molecule has 26 heavy (non-hydrogen) atoms. The third-order valence-corrected chi connectivity index (χ3v) is 4.01. The summed E-state index contributed by atoms with van der Waals surface area (Å²) in [6.07, 6.45) is -0.427. The highest BCUT2D eigenvalue weighted by molar-refractivity contribution is 5.89. The standard InChI is InChI=1S/C19H20F2N2O3/c1-19(2)25-11-16(17(26-19)12-6-4-3-5-7-12)23-18(24)22-15-9-8-13(20)10-14(15)21/h3-10,16-17H,11H2,1-2H3,(H2,22,23,24)/t16-,17-/m0/s1. The molecule has 7 heteroatoms. The molecule has 1 heterocycles. The van der Waals surface area contributed by atoms with Gasteiger partial charge in [0.05, 0.1) is 18.3 Å². The van der Waals surface area contributed by atoms with Gasteiger partial charge in [0.25, 0.3) is 0 Å². The van der Waals surface area contributed by atoms with Crippen molar-refractivity contribution >= 4 is 11.7 Å².